The van der Waals surface area contributed by atoms with Crippen LogP contribution >= 0.6 is 11.3 Å². The average molecular weight is 283 g/mol. The highest BCUT2D eigenvalue weighted by molar-refractivity contribution is 7.91. The number of nitrogens with two attached hydrogens (primary N) is 1. The van der Waals surface area contributed by atoms with Gasteiger partial charge < -0.3 is 5.73 Å². The molecule has 6 nitrogen and oxygen atoms in total. The Bertz CT molecular complexity index is 494. The Balaban J connectivity index is 2.78. The van der Waals surface area contributed by atoms with Crippen LogP contribution in [0.15, 0.2) is 4.21 Å². The lowest BCUT2D eigenvalue weighted by Crippen LogP contribution is -2.27. The van der Waals surface area contributed by atoms with Gasteiger partial charge in [-0.1, -0.05) is 11.3 Å². The molecule has 1 aromatic rings. The summed E-state index contributed by atoms with van der Waals surface area (Å²) in [6, 6.07) is 0. The Labute approximate surface area is 101 Å². The molecule has 0 radical (unpaired) electrons. The molecule has 1 aromatic heterocycles. The van der Waals surface area contributed by atoms with Gasteiger partial charge in [-0.3, -0.25) is 4.21 Å². The Morgan fingerprint density at radius 3 is 2.62 bits per heavy atom. The van der Waals surface area contributed by atoms with Crippen molar-refractivity contribution >= 4 is 37.3 Å². The van der Waals surface area contributed by atoms with Gasteiger partial charge in [0.25, 0.3) is 10.0 Å². The number of rotatable bonds is 5. The predicted molar refractivity (Wildman–Crippen MR) is 65.4 cm³/mol. The highest BCUT2D eigenvalue weighted by atomic mass is 32.2. The van der Waals surface area contributed by atoms with E-state index in [1.54, 1.807) is 6.92 Å². The third-order valence-electron chi connectivity index (χ3n) is 1.70. The van der Waals surface area contributed by atoms with Crippen molar-refractivity contribution in [2.24, 2.45) is 0 Å². The molecule has 0 saturated heterocycles. The van der Waals surface area contributed by atoms with Gasteiger partial charge in [-0.05, 0) is 6.92 Å². The van der Waals surface area contributed by atoms with Gasteiger partial charge in [-0.15, -0.1) is 0 Å². The Hall–Kier alpha value is -0.510. The van der Waals surface area contributed by atoms with Crippen LogP contribution in [0.25, 0.3) is 0 Å². The molecule has 0 amide bonds. The van der Waals surface area contributed by atoms with E-state index >= 15 is 0 Å². The van der Waals surface area contributed by atoms with Gasteiger partial charge in [0.2, 0.25) is 0 Å². The molecule has 0 spiro atoms. The van der Waals surface area contributed by atoms with Crippen LogP contribution in [0.4, 0.5) is 5.13 Å². The molecule has 1 atom stereocenters. The molecule has 16 heavy (non-hydrogen) atoms. The number of aromatic nitrogens is 1. The minimum Gasteiger partial charge on any atom is -0.375 e. The van der Waals surface area contributed by atoms with Crippen LogP contribution in [0.3, 0.4) is 0 Å². The van der Waals surface area contributed by atoms with Gasteiger partial charge >= 0.3 is 0 Å². The minimum absolute atomic E-state index is 0.117. The molecule has 0 aliphatic carbocycles. The maximum Gasteiger partial charge on any atom is 0.252 e. The van der Waals surface area contributed by atoms with Crippen LogP contribution in [0.2, 0.25) is 0 Å². The molecule has 0 aliphatic rings. The zero-order valence-corrected chi connectivity index (χ0v) is 11.3. The fourth-order valence-corrected chi connectivity index (χ4v) is 3.93. The summed E-state index contributed by atoms with van der Waals surface area (Å²) in [6.07, 6.45) is 1.52. The van der Waals surface area contributed by atoms with Crippen molar-refractivity contribution in [2.75, 3.05) is 24.3 Å². The first-order chi connectivity index (χ1) is 7.33. The Kier molecular flexibility index (Phi) is 4.42. The summed E-state index contributed by atoms with van der Waals surface area (Å²) in [6.45, 7) is 1.72. The second-order valence-corrected chi connectivity index (χ2v) is 7.65. The number of nitrogens with zero attached hydrogens (tertiary/aromatic N) is 1. The van der Waals surface area contributed by atoms with Crippen molar-refractivity contribution in [3.05, 3.63) is 5.69 Å². The SMILES string of the molecule is Cc1nc(N)sc1S(=O)(=O)NCCS(C)=O. The van der Waals surface area contributed by atoms with Gasteiger partial charge in [0, 0.05) is 29.4 Å². The number of hydrogen-bond acceptors (Lipinski definition) is 6. The van der Waals surface area contributed by atoms with E-state index in [-0.39, 0.29) is 21.6 Å². The van der Waals surface area contributed by atoms with E-state index in [1.807, 2.05) is 0 Å². The maximum absolute atomic E-state index is 11.8. The number of nitrogens with one attached hydrogen (secondary N) is 1. The monoisotopic (exact) mass is 283 g/mol. The molecule has 1 unspecified atom stereocenters. The molecule has 0 aromatic carbocycles. The largest absolute Gasteiger partial charge is 0.375 e. The van der Waals surface area contributed by atoms with Gasteiger partial charge in [0.1, 0.15) is 0 Å². The molecular formula is C7H13N3O3S3. The van der Waals surface area contributed by atoms with Crippen LogP contribution in [-0.2, 0) is 20.8 Å². The molecule has 1 heterocycles. The molecule has 92 valence electrons. The summed E-state index contributed by atoms with van der Waals surface area (Å²) >= 11 is 0.920. The molecule has 1 rings (SSSR count). The highest BCUT2D eigenvalue weighted by Crippen LogP contribution is 2.24. The summed E-state index contributed by atoms with van der Waals surface area (Å²) < 4.78 is 36.8. The first kappa shape index (κ1) is 13.6. The van der Waals surface area contributed by atoms with E-state index in [2.05, 4.69) is 9.71 Å². The summed E-state index contributed by atoms with van der Waals surface area (Å²) in [5.74, 6) is 0.284. The van der Waals surface area contributed by atoms with Crippen LogP contribution < -0.4 is 10.5 Å². The zero-order valence-electron chi connectivity index (χ0n) is 8.89. The quantitative estimate of drug-likeness (QED) is 0.772. The number of anilines is 1. The van der Waals surface area contributed by atoms with Crippen molar-refractivity contribution in [3.8, 4) is 0 Å². The normalized spacial score (nSPS) is 13.9. The Morgan fingerprint density at radius 2 is 2.19 bits per heavy atom. The second-order valence-electron chi connectivity index (χ2n) is 3.10. The highest BCUT2D eigenvalue weighted by Gasteiger charge is 2.20. The Morgan fingerprint density at radius 1 is 1.56 bits per heavy atom. The summed E-state index contributed by atoms with van der Waals surface area (Å²) in [5.41, 5.74) is 5.80. The first-order valence-corrected chi connectivity index (χ1v) is 8.38. The van der Waals surface area contributed by atoms with Crippen LogP contribution in [0.5, 0.6) is 0 Å². The van der Waals surface area contributed by atoms with Crippen LogP contribution in [0, 0.1) is 6.92 Å². The predicted octanol–water partition coefficient (Wildman–Crippen LogP) is -0.309. The fourth-order valence-electron chi connectivity index (χ4n) is 1.04. The van der Waals surface area contributed by atoms with Crippen molar-refractivity contribution in [1.82, 2.24) is 9.71 Å². The number of sulfonamides is 1. The van der Waals surface area contributed by atoms with E-state index in [9.17, 15) is 12.6 Å². The lowest BCUT2D eigenvalue weighted by molar-refractivity contribution is 0.585. The summed E-state index contributed by atoms with van der Waals surface area (Å²) in [7, 11) is -4.59. The summed E-state index contributed by atoms with van der Waals surface area (Å²) in [4.78, 5) is 3.84. The molecule has 3 N–H and O–H groups in total. The third kappa shape index (κ3) is 3.51. The number of thiazole rings is 1. The lowest BCUT2D eigenvalue weighted by Gasteiger charge is -2.03. The number of aryl methyl sites for hydroxylation is 1. The lowest BCUT2D eigenvalue weighted by atomic mass is 10.6. The maximum atomic E-state index is 11.8. The van der Waals surface area contributed by atoms with Crippen LogP contribution in [-0.4, -0.2) is 36.2 Å². The topological polar surface area (TPSA) is 102 Å². The molecule has 0 saturated carbocycles. The summed E-state index contributed by atoms with van der Waals surface area (Å²) in [5, 5.41) is 0.219. The number of nitrogen functional groups attached to an aromatic ring is 1. The van der Waals surface area contributed by atoms with Gasteiger partial charge in [0.15, 0.2) is 9.34 Å². The molecule has 0 bridgehead atoms. The second kappa shape index (κ2) is 5.21. The molecule has 0 fully saturated rings. The van der Waals surface area contributed by atoms with Crippen molar-refractivity contribution in [3.63, 3.8) is 0 Å². The smallest absolute Gasteiger partial charge is 0.252 e. The standard InChI is InChI=1S/C7H13N3O3S3/c1-5-6(14-7(8)10-5)16(12,13)9-3-4-15(2)11/h9H,3-4H2,1-2H3,(H2,8,10). The first-order valence-electron chi connectivity index (χ1n) is 4.35. The van der Waals surface area contributed by atoms with E-state index in [4.69, 9.17) is 5.73 Å². The van der Waals surface area contributed by atoms with Crippen molar-refractivity contribution in [2.45, 2.75) is 11.1 Å². The minimum atomic E-state index is -3.57. The van der Waals surface area contributed by atoms with Crippen LogP contribution in [0.1, 0.15) is 5.69 Å². The van der Waals surface area contributed by atoms with Crippen molar-refractivity contribution < 1.29 is 12.6 Å². The fraction of sp³-hybridized carbons (Fsp3) is 0.571. The van der Waals surface area contributed by atoms with E-state index in [0.717, 1.165) is 11.3 Å². The third-order valence-corrected chi connectivity index (χ3v) is 5.53. The molecular weight excluding hydrogens is 270 g/mol. The van der Waals surface area contributed by atoms with E-state index in [1.165, 1.54) is 6.26 Å². The average Bonchev–Trinajstić information content (AvgIpc) is 2.44. The molecule has 0 aliphatic heterocycles. The van der Waals surface area contributed by atoms with Gasteiger partial charge in [-0.2, -0.15) is 0 Å². The van der Waals surface area contributed by atoms with Gasteiger partial charge in [0.05, 0.1) is 5.69 Å². The van der Waals surface area contributed by atoms with Crippen molar-refractivity contribution in [1.29, 1.82) is 0 Å². The number of hydrogen-bond donors (Lipinski definition) is 2. The van der Waals surface area contributed by atoms with E-state index in [0.29, 0.717) is 5.69 Å². The molecule has 9 heteroatoms. The van der Waals surface area contributed by atoms with Gasteiger partial charge in [-0.25, -0.2) is 18.1 Å². The van der Waals surface area contributed by atoms with E-state index < -0.39 is 20.8 Å². The zero-order chi connectivity index (χ0) is 12.3.